The Hall–Kier alpha value is 0.753. The smallest absolute Gasteiger partial charge is 0.748 e. The van der Waals surface area contributed by atoms with Gasteiger partial charge in [0.2, 0.25) is 0 Å². The fourth-order valence-electron chi connectivity index (χ4n) is 6.09. The van der Waals surface area contributed by atoms with E-state index in [2.05, 4.69) is 0 Å². The van der Waals surface area contributed by atoms with E-state index < -0.39 is 20.2 Å². The third-order valence-corrected chi connectivity index (χ3v) is 11.4. The van der Waals surface area contributed by atoms with Gasteiger partial charge in [0, 0.05) is 24.7 Å². The molecule has 28 heteroatoms. The average molecular weight is 1210 g/mol. The van der Waals surface area contributed by atoms with Gasteiger partial charge in [0.25, 0.3) is 0 Å². The summed E-state index contributed by atoms with van der Waals surface area (Å²) in [5, 5.41) is 2.07. The van der Waals surface area contributed by atoms with Crippen molar-refractivity contribution < 1.29 is 214 Å². The molecule has 0 radical (unpaired) electrons. The molecular formula is C50H86K2O24S2. The molecule has 444 valence electrons. The Kier molecular flexibility index (Phi) is 58.7. The van der Waals surface area contributed by atoms with Crippen molar-refractivity contribution in [3.8, 4) is 11.5 Å². The zero-order valence-corrected chi connectivity index (χ0v) is 54.2. The molecule has 0 saturated heterocycles. The Labute approximate surface area is 548 Å². The first kappa shape index (κ1) is 78.8. The fraction of sp³-hybridized carbons (Fsp3) is 0.800. The van der Waals surface area contributed by atoms with E-state index in [0.29, 0.717) is 262 Å². The molecule has 0 aliphatic heterocycles. The van der Waals surface area contributed by atoms with Crippen LogP contribution < -0.4 is 112 Å². The van der Waals surface area contributed by atoms with Crippen LogP contribution in [0.1, 0.15) is 25.7 Å². The number of fused-ring (bicyclic) bond motifs is 1. The Morgan fingerprint density at radius 3 is 0.641 bits per heavy atom. The van der Waals surface area contributed by atoms with Crippen LogP contribution in [-0.4, -0.2) is 262 Å². The summed E-state index contributed by atoms with van der Waals surface area (Å²) in [7, 11) is -8.31. The van der Waals surface area contributed by atoms with E-state index in [-0.39, 0.29) is 114 Å². The van der Waals surface area contributed by atoms with E-state index >= 15 is 0 Å². The first-order valence-corrected chi connectivity index (χ1v) is 29.2. The minimum Gasteiger partial charge on any atom is -0.748 e. The summed E-state index contributed by atoms with van der Waals surface area (Å²) >= 11 is 0. The molecule has 0 heterocycles. The molecule has 2 aromatic rings. The second kappa shape index (κ2) is 58.1. The maximum absolute atomic E-state index is 10.5. The third kappa shape index (κ3) is 54.7. The van der Waals surface area contributed by atoms with Crippen molar-refractivity contribution in [1.29, 1.82) is 0 Å². The van der Waals surface area contributed by atoms with Crippen molar-refractivity contribution in [1.82, 2.24) is 0 Å². The predicted molar refractivity (Wildman–Crippen MR) is 276 cm³/mol. The zero-order chi connectivity index (χ0) is 54.6. The molecule has 24 nitrogen and oxygen atoms in total. The number of hydrogen-bond acceptors (Lipinski definition) is 24. The number of rotatable bonds is 60. The Balaban J connectivity index is 0.0000296. The molecule has 0 aliphatic rings. The van der Waals surface area contributed by atoms with Crippen molar-refractivity contribution >= 4 is 31.0 Å². The topological polar surface area (TPSA) is 281 Å². The molecular weight excluding hydrogens is 1130 g/mol. The van der Waals surface area contributed by atoms with Gasteiger partial charge in [-0.25, -0.2) is 16.8 Å². The van der Waals surface area contributed by atoms with Crippen LogP contribution in [0.5, 0.6) is 11.5 Å². The summed E-state index contributed by atoms with van der Waals surface area (Å²) in [6.45, 7) is 14.4. The van der Waals surface area contributed by atoms with Gasteiger partial charge in [-0.3, -0.25) is 0 Å². The molecule has 0 aromatic heterocycles. The third-order valence-electron chi connectivity index (χ3n) is 9.86. The number of unbranched alkanes of at least 4 members (excludes halogenated alkanes) is 2. The van der Waals surface area contributed by atoms with Crippen molar-refractivity contribution in [2.75, 3.05) is 236 Å². The van der Waals surface area contributed by atoms with Crippen LogP contribution in [-0.2, 0) is 96.0 Å². The van der Waals surface area contributed by atoms with Crippen molar-refractivity contribution in [2.24, 2.45) is 0 Å². The normalized spacial score (nSPS) is 11.8. The van der Waals surface area contributed by atoms with Gasteiger partial charge in [-0.05, 0) is 48.6 Å². The van der Waals surface area contributed by atoms with E-state index in [4.69, 9.17) is 85.3 Å². The predicted octanol–water partition coefficient (Wildman–Crippen LogP) is -3.48. The van der Waals surface area contributed by atoms with Crippen LogP contribution in [0, 0.1) is 0 Å². The molecule has 0 spiro atoms. The van der Waals surface area contributed by atoms with Gasteiger partial charge in [-0.15, -0.1) is 0 Å². The molecule has 0 N–H and O–H groups in total. The summed E-state index contributed by atoms with van der Waals surface area (Å²) in [6, 6.07) is 11.9. The molecule has 0 atom stereocenters. The number of benzene rings is 2. The van der Waals surface area contributed by atoms with E-state index in [1.54, 1.807) is 0 Å². The Morgan fingerprint density at radius 2 is 0.449 bits per heavy atom. The van der Waals surface area contributed by atoms with Crippen molar-refractivity contribution in [2.45, 2.75) is 25.7 Å². The maximum Gasteiger partial charge on any atom is 1.00 e. The second-order valence-corrected chi connectivity index (χ2v) is 19.1. The summed E-state index contributed by atoms with van der Waals surface area (Å²) in [5.41, 5.74) is 0. The Bertz CT molecular complexity index is 1700. The molecule has 2 rings (SSSR count). The van der Waals surface area contributed by atoms with E-state index in [1.165, 1.54) is 0 Å². The second-order valence-electron chi connectivity index (χ2n) is 16.1. The van der Waals surface area contributed by atoms with Crippen LogP contribution >= 0.6 is 0 Å². The van der Waals surface area contributed by atoms with E-state index in [9.17, 15) is 25.9 Å². The number of hydrogen-bond donors (Lipinski definition) is 0. The molecule has 0 amide bonds. The van der Waals surface area contributed by atoms with Gasteiger partial charge in [0.05, 0.1) is 218 Å². The van der Waals surface area contributed by atoms with Gasteiger partial charge >= 0.3 is 103 Å². The van der Waals surface area contributed by atoms with Gasteiger partial charge in [0.15, 0.2) is 11.5 Å². The van der Waals surface area contributed by atoms with E-state index in [0.717, 1.165) is 10.8 Å². The van der Waals surface area contributed by atoms with Gasteiger partial charge in [-0.1, -0.05) is 24.3 Å². The van der Waals surface area contributed by atoms with Crippen LogP contribution in [0.25, 0.3) is 10.8 Å². The average Bonchev–Trinajstić information content (AvgIpc) is 3.39. The summed E-state index contributed by atoms with van der Waals surface area (Å²) in [5.74, 6) is 0.520. The van der Waals surface area contributed by atoms with Crippen LogP contribution in [0.3, 0.4) is 0 Å². The van der Waals surface area contributed by atoms with Crippen LogP contribution in [0.15, 0.2) is 36.4 Å². The first-order chi connectivity index (χ1) is 37.1. The van der Waals surface area contributed by atoms with Crippen molar-refractivity contribution in [3.63, 3.8) is 0 Å². The largest absolute Gasteiger partial charge is 1.00 e. The first-order valence-electron chi connectivity index (χ1n) is 26.0. The summed E-state index contributed by atoms with van der Waals surface area (Å²) < 4.78 is 163. The number of ether oxygens (including phenoxy) is 18. The van der Waals surface area contributed by atoms with E-state index in [1.807, 2.05) is 36.4 Å². The van der Waals surface area contributed by atoms with Gasteiger partial charge < -0.3 is 94.4 Å². The minimum atomic E-state index is -4.16. The zero-order valence-electron chi connectivity index (χ0n) is 46.4. The van der Waals surface area contributed by atoms with Gasteiger partial charge in [-0.2, -0.15) is 0 Å². The van der Waals surface area contributed by atoms with Crippen molar-refractivity contribution in [3.05, 3.63) is 36.4 Å². The fourth-order valence-corrected chi connectivity index (χ4v) is 7.21. The standard InChI is InChI=1S/C50H88O24S2.2K/c51-75(52,53)43-5-3-9-57-11-13-59-15-17-61-19-21-63-23-25-65-27-29-67-31-33-69-35-37-71-39-41-73-49-45-47-7-1-2-8-48(47)46-50(49)74-42-40-72-38-36-70-34-32-68-30-28-66-26-24-64-22-20-62-18-16-60-14-12-58-10-4-6-44-76(54,55)56;;/h1-2,7-8,45-46H,3-6,9-44H2,(H,51,52,53)(H,54,55,56);;/q;2*+1/p-2. The molecule has 0 aliphatic carbocycles. The Morgan fingerprint density at radius 1 is 0.269 bits per heavy atom. The van der Waals surface area contributed by atoms with Crippen LogP contribution in [0.4, 0.5) is 0 Å². The SMILES string of the molecule is O=S(=O)([O-])CCCCOCCOCCOCCOCCOCCOCCOCCOCCOc1cc2ccccc2cc1OCCOCCOCCOCCOCCOCCOCCOCCOCCCCS(=O)(=O)[O-].[K+].[K+]. The van der Waals surface area contributed by atoms with Crippen LogP contribution in [0.2, 0.25) is 0 Å². The monoisotopic (exact) mass is 1210 g/mol. The molecule has 0 fully saturated rings. The molecule has 0 bridgehead atoms. The molecule has 0 saturated carbocycles. The summed E-state index contributed by atoms with van der Waals surface area (Å²) in [4.78, 5) is 0. The maximum atomic E-state index is 10.5. The minimum absolute atomic E-state index is 0. The molecule has 78 heavy (non-hydrogen) atoms. The molecule has 2 aromatic carbocycles. The molecule has 0 unspecified atom stereocenters. The van der Waals surface area contributed by atoms with Gasteiger partial charge in [0.1, 0.15) is 13.2 Å². The quantitative estimate of drug-likeness (QED) is 0.0353. The summed E-state index contributed by atoms with van der Waals surface area (Å²) in [6.07, 6.45) is 1.62.